The van der Waals surface area contributed by atoms with Crippen molar-refractivity contribution in [3.05, 3.63) is 11.9 Å². The first-order valence-corrected chi connectivity index (χ1v) is 7.28. The van der Waals surface area contributed by atoms with E-state index < -0.39 is 0 Å². The van der Waals surface area contributed by atoms with Crippen molar-refractivity contribution < 1.29 is 4.74 Å². The van der Waals surface area contributed by atoms with Gasteiger partial charge < -0.3 is 15.0 Å². The molecule has 5 nitrogen and oxygen atoms in total. The van der Waals surface area contributed by atoms with Gasteiger partial charge in [0.25, 0.3) is 0 Å². The molecule has 0 saturated carbocycles. The first kappa shape index (κ1) is 15.0. The van der Waals surface area contributed by atoms with E-state index in [2.05, 4.69) is 40.4 Å². The summed E-state index contributed by atoms with van der Waals surface area (Å²) in [6, 6.07) is 2.38. The molecule has 0 amide bonds. The van der Waals surface area contributed by atoms with Crippen molar-refractivity contribution in [1.82, 2.24) is 9.97 Å². The number of rotatable bonds is 7. The number of hydrogen-bond acceptors (Lipinski definition) is 6. The van der Waals surface area contributed by atoms with Gasteiger partial charge in [-0.15, -0.1) is 0 Å². The molecule has 1 atom stereocenters. The Morgan fingerprint density at radius 2 is 2.22 bits per heavy atom. The van der Waals surface area contributed by atoms with Crippen molar-refractivity contribution >= 4 is 23.4 Å². The van der Waals surface area contributed by atoms with Crippen LogP contribution in [0, 0.1) is 0 Å². The minimum Gasteiger partial charge on any atom is -0.377 e. The normalized spacial score (nSPS) is 12.3. The van der Waals surface area contributed by atoms with Gasteiger partial charge in [-0.05, 0) is 13.2 Å². The summed E-state index contributed by atoms with van der Waals surface area (Å²) in [7, 11) is 5.56. The maximum atomic E-state index is 5.09. The van der Waals surface area contributed by atoms with Crippen molar-refractivity contribution in [3.8, 4) is 0 Å². The first-order valence-electron chi connectivity index (χ1n) is 5.88. The second-order valence-corrected chi connectivity index (χ2v) is 5.04. The highest BCUT2D eigenvalue weighted by molar-refractivity contribution is 7.98. The number of nitrogens with one attached hydrogen (secondary N) is 1. The number of anilines is 2. The molecule has 0 aliphatic carbocycles. The second kappa shape index (κ2) is 7.43. The van der Waals surface area contributed by atoms with Gasteiger partial charge in [-0.2, -0.15) is 11.8 Å². The molecule has 18 heavy (non-hydrogen) atoms. The summed E-state index contributed by atoms with van der Waals surface area (Å²) >= 11 is 1.83. The molecule has 0 spiro atoms. The average Bonchev–Trinajstić information content (AvgIpc) is 2.38. The number of ether oxygens (including phenoxy) is 1. The van der Waals surface area contributed by atoms with Crippen molar-refractivity contribution in [2.24, 2.45) is 0 Å². The van der Waals surface area contributed by atoms with E-state index in [1.807, 2.05) is 24.9 Å². The van der Waals surface area contributed by atoms with Crippen LogP contribution in [-0.4, -0.2) is 49.2 Å². The van der Waals surface area contributed by atoms with Crippen LogP contribution in [0.1, 0.15) is 12.7 Å². The number of hydrogen-bond donors (Lipinski definition) is 1. The summed E-state index contributed by atoms with van der Waals surface area (Å²) in [5, 5.41) is 3.05. The molecule has 1 unspecified atom stereocenters. The van der Waals surface area contributed by atoms with E-state index in [-0.39, 0.29) is 0 Å². The lowest BCUT2D eigenvalue weighted by molar-refractivity contribution is 0.178. The molecule has 0 aliphatic heterocycles. The second-order valence-electron chi connectivity index (χ2n) is 4.13. The molecule has 6 heteroatoms. The third-order valence-electron chi connectivity index (χ3n) is 2.72. The van der Waals surface area contributed by atoms with Gasteiger partial charge in [0.05, 0.1) is 0 Å². The Kier molecular flexibility index (Phi) is 6.21. The number of thioether (sulfide) groups is 1. The molecule has 0 bridgehead atoms. The topological polar surface area (TPSA) is 50.3 Å². The van der Waals surface area contributed by atoms with Gasteiger partial charge in [-0.25, -0.2) is 9.97 Å². The van der Waals surface area contributed by atoms with Crippen LogP contribution in [0.4, 0.5) is 11.6 Å². The monoisotopic (exact) mass is 270 g/mol. The molecular weight excluding hydrogens is 248 g/mol. The predicted octanol–water partition coefficient (Wildman–Crippen LogP) is 1.85. The number of aromatic nitrogens is 2. The third kappa shape index (κ3) is 4.03. The number of methoxy groups -OCH3 is 1. The van der Waals surface area contributed by atoms with Crippen molar-refractivity contribution in [3.63, 3.8) is 0 Å². The molecule has 1 heterocycles. The van der Waals surface area contributed by atoms with Crippen LogP contribution in [0.2, 0.25) is 0 Å². The average molecular weight is 270 g/mol. The van der Waals surface area contributed by atoms with E-state index in [9.17, 15) is 0 Å². The first-order chi connectivity index (χ1) is 8.62. The molecule has 102 valence electrons. The highest BCUT2D eigenvalue weighted by atomic mass is 32.2. The molecule has 0 aliphatic rings. The molecule has 1 N–H and O–H groups in total. The standard InChI is InChI=1S/C12H22N4OS/c1-9(8-18-5)16(3)12-6-10(13-2)14-11(15-12)7-17-4/h6,9H,7-8H2,1-5H3,(H,13,14,15). The fourth-order valence-corrected chi connectivity index (χ4v) is 2.27. The van der Waals surface area contributed by atoms with Crippen LogP contribution in [0.25, 0.3) is 0 Å². The Morgan fingerprint density at radius 1 is 1.50 bits per heavy atom. The van der Waals surface area contributed by atoms with Gasteiger partial charge in [0.15, 0.2) is 5.82 Å². The van der Waals surface area contributed by atoms with Crippen molar-refractivity contribution in [2.75, 3.05) is 43.4 Å². The fourth-order valence-electron chi connectivity index (χ4n) is 1.56. The fraction of sp³-hybridized carbons (Fsp3) is 0.667. The van der Waals surface area contributed by atoms with E-state index in [0.29, 0.717) is 18.5 Å². The van der Waals surface area contributed by atoms with E-state index in [1.165, 1.54) is 0 Å². The maximum Gasteiger partial charge on any atom is 0.158 e. The van der Waals surface area contributed by atoms with Crippen LogP contribution < -0.4 is 10.2 Å². The van der Waals surface area contributed by atoms with E-state index >= 15 is 0 Å². The Balaban J connectivity index is 2.95. The summed E-state index contributed by atoms with van der Waals surface area (Å²) in [6.45, 7) is 2.61. The minimum atomic E-state index is 0.424. The van der Waals surface area contributed by atoms with Crippen LogP contribution in [0.3, 0.4) is 0 Å². The Morgan fingerprint density at radius 3 is 2.78 bits per heavy atom. The Labute approximate surface area is 113 Å². The third-order valence-corrected chi connectivity index (χ3v) is 3.53. The molecule has 1 aromatic rings. The summed E-state index contributed by atoms with van der Waals surface area (Å²) in [4.78, 5) is 11.0. The molecular formula is C12H22N4OS. The molecule has 0 fully saturated rings. The van der Waals surface area contributed by atoms with Crippen molar-refractivity contribution in [1.29, 1.82) is 0 Å². The lowest BCUT2D eigenvalue weighted by atomic mass is 10.3. The highest BCUT2D eigenvalue weighted by Gasteiger charge is 2.13. The van der Waals surface area contributed by atoms with Gasteiger partial charge in [0.1, 0.15) is 18.2 Å². The summed E-state index contributed by atoms with van der Waals surface area (Å²) in [5.41, 5.74) is 0. The zero-order valence-electron chi connectivity index (χ0n) is 11.7. The molecule has 0 radical (unpaired) electrons. The van der Waals surface area contributed by atoms with E-state index in [0.717, 1.165) is 17.4 Å². The summed E-state index contributed by atoms with van der Waals surface area (Å²) < 4.78 is 5.09. The summed E-state index contributed by atoms with van der Waals surface area (Å²) in [5.74, 6) is 3.50. The lowest BCUT2D eigenvalue weighted by Crippen LogP contribution is -2.32. The SMILES string of the molecule is CNc1cc(N(C)C(C)CSC)nc(COC)n1. The number of nitrogens with zero attached hydrogens (tertiary/aromatic N) is 3. The lowest BCUT2D eigenvalue weighted by Gasteiger charge is -2.26. The molecule has 0 aromatic carbocycles. The minimum absolute atomic E-state index is 0.424. The zero-order chi connectivity index (χ0) is 13.5. The Hall–Kier alpha value is -1.01. The molecule has 1 rings (SSSR count). The van der Waals surface area contributed by atoms with Crippen LogP contribution in [0.5, 0.6) is 0 Å². The molecule has 0 saturated heterocycles. The van der Waals surface area contributed by atoms with Gasteiger partial charge in [0, 0.05) is 39.1 Å². The Bertz CT molecular complexity index is 375. The predicted molar refractivity (Wildman–Crippen MR) is 78.5 cm³/mol. The largest absolute Gasteiger partial charge is 0.377 e. The van der Waals surface area contributed by atoms with Crippen LogP contribution >= 0.6 is 11.8 Å². The van der Waals surface area contributed by atoms with Gasteiger partial charge in [-0.3, -0.25) is 0 Å². The highest BCUT2D eigenvalue weighted by Crippen LogP contribution is 2.18. The van der Waals surface area contributed by atoms with E-state index in [1.54, 1.807) is 7.11 Å². The smallest absolute Gasteiger partial charge is 0.158 e. The zero-order valence-corrected chi connectivity index (χ0v) is 12.5. The van der Waals surface area contributed by atoms with Crippen LogP contribution in [0.15, 0.2) is 6.07 Å². The molecule has 1 aromatic heterocycles. The van der Waals surface area contributed by atoms with E-state index in [4.69, 9.17) is 4.74 Å². The van der Waals surface area contributed by atoms with Crippen molar-refractivity contribution in [2.45, 2.75) is 19.6 Å². The quantitative estimate of drug-likeness (QED) is 0.816. The maximum absolute atomic E-state index is 5.09. The van der Waals surface area contributed by atoms with Gasteiger partial charge >= 0.3 is 0 Å². The van der Waals surface area contributed by atoms with Gasteiger partial charge in [-0.1, -0.05) is 0 Å². The van der Waals surface area contributed by atoms with Gasteiger partial charge in [0.2, 0.25) is 0 Å². The summed E-state index contributed by atoms with van der Waals surface area (Å²) in [6.07, 6.45) is 2.11. The van der Waals surface area contributed by atoms with Crippen LogP contribution in [-0.2, 0) is 11.3 Å².